The van der Waals surface area contributed by atoms with Gasteiger partial charge in [0, 0.05) is 5.70 Å². The van der Waals surface area contributed by atoms with Gasteiger partial charge in [0.2, 0.25) is 5.82 Å². The molecule has 1 unspecified atom stereocenters. The number of benzene rings is 2. The van der Waals surface area contributed by atoms with E-state index in [2.05, 4.69) is 15.5 Å². The largest absolute Gasteiger partial charge is 0.351 e. The van der Waals surface area contributed by atoms with Gasteiger partial charge in [-0.2, -0.15) is 4.98 Å². The SMILES string of the molecule is CC1=C(c2nc(-c3cccs3)no2)C(c2ccccc2)NC(=S)N1c1ccc(C)c(F)c1. The van der Waals surface area contributed by atoms with E-state index in [1.54, 1.807) is 24.3 Å². The van der Waals surface area contributed by atoms with Crippen LogP contribution in [0.25, 0.3) is 16.3 Å². The van der Waals surface area contributed by atoms with Gasteiger partial charge >= 0.3 is 0 Å². The average molecular weight is 463 g/mol. The Balaban J connectivity index is 1.67. The summed E-state index contributed by atoms with van der Waals surface area (Å²) in [6.07, 6.45) is 0. The summed E-state index contributed by atoms with van der Waals surface area (Å²) >= 11 is 7.25. The van der Waals surface area contributed by atoms with Crippen LogP contribution >= 0.6 is 23.6 Å². The van der Waals surface area contributed by atoms with E-state index in [4.69, 9.17) is 16.7 Å². The molecule has 0 radical (unpaired) electrons. The summed E-state index contributed by atoms with van der Waals surface area (Å²) < 4.78 is 20.1. The van der Waals surface area contributed by atoms with Crippen LogP contribution in [0.1, 0.15) is 30.0 Å². The second-order valence-electron chi connectivity index (χ2n) is 7.46. The summed E-state index contributed by atoms with van der Waals surface area (Å²) in [6.45, 7) is 3.67. The molecule has 0 aliphatic carbocycles. The Labute approximate surface area is 194 Å². The lowest BCUT2D eigenvalue weighted by Gasteiger charge is -2.37. The van der Waals surface area contributed by atoms with Crippen molar-refractivity contribution in [3.05, 3.63) is 94.6 Å². The smallest absolute Gasteiger partial charge is 0.258 e. The molecule has 5 rings (SSSR count). The molecule has 5 nitrogen and oxygen atoms in total. The van der Waals surface area contributed by atoms with Crippen molar-refractivity contribution >= 4 is 39.9 Å². The van der Waals surface area contributed by atoms with Crippen LogP contribution in [0, 0.1) is 12.7 Å². The second-order valence-corrected chi connectivity index (χ2v) is 8.80. The number of thiocarbonyl (C=S) groups is 1. The number of nitrogens with zero attached hydrogens (tertiary/aromatic N) is 3. The van der Waals surface area contributed by atoms with E-state index in [1.807, 2.05) is 65.7 Å². The van der Waals surface area contributed by atoms with Gasteiger partial charge < -0.3 is 9.84 Å². The highest BCUT2D eigenvalue weighted by Crippen LogP contribution is 2.39. The predicted molar refractivity (Wildman–Crippen MR) is 129 cm³/mol. The molecule has 1 atom stereocenters. The lowest BCUT2D eigenvalue weighted by Crippen LogP contribution is -2.46. The molecular weight excluding hydrogens is 443 g/mol. The lowest BCUT2D eigenvalue weighted by molar-refractivity contribution is 0.404. The molecule has 0 amide bonds. The van der Waals surface area contributed by atoms with Gasteiger partial charge in [-0.25, -0.2) is 4.39 Å². The van der Waals surface area contributed by atoms with Crippen LogP contribution in [0.15, 0.2) is 76.3 Å². The van der Waals surface area contributed by atoms with Crippen molar-refractivity contribution in [1.82, 2.24) is 15.5 Å². The summed E-state index contributed by atoms with van der Waals surface area (Å²) in [7, 11) is 0. The van der Waals surface area contributed by atoms with Gasteiger partial charge in [0.15, 0.2) is 5.11 Å². The number of allylic oxidation sites excluding steroid dienone is 1. The van der Waals surface area contributed by atoms with Gasteiger partial charge in [-0.15, -0.1) is 11.3 Å². The van der Waals surface area contributed by atoms with Crippen LogP contribution in [-0.2, 0) is 0 Å². The van der Waals surface area contributed by atoms with E-state index >= 15 is 0 Å². The van der Waals surface area contributed by atoms with Gasteiger partial charge in [0.1, 0.15) is 5.82 Å². The minimum absolute atomic E-state index is 0.285. The summed E-state index contributed by atoms with van der Waals surface area (Å²) in [5.41, 5.74) is 3.80. The number of halogens is 1. The van der Waals surface area contributed by atoms with Gasteiger partial charge in [0.05, 0.1) is 22.2 Å². The molecule has 0 bridgehead atoms. The lowest BCUT2D eigenvalue weighted by atomic mass is 9.94. The molecule has 8 heteroatoms. The van der Waals surface area contributed by atoms with Crippen molar-refractivity contribution in [1.29, 1.82) is 0 Å². The maximum Gasteiger partial charge on any atom is 0.258 e. The van der Waals surface area contributed by atoms with Crippen molar-refractivity contribution in [2.45, 2.75) is 19.9 Å². The number of thiophene rings is 1. The van der Waals surface area contributed by atoms with Gasteiger partial charge in [-0.3, -0.25) is 4.90 Å². The third kappa shape index (κ3) is 3.61. The molecule has 4 aromatic rings. The number of nitrogens with one attached hydrogen (secondary N) is 1. The molecule has 3 heterocycles. The highest BCUT2D eigenvalue weighted by atomic mass is 32.1. The van der Waals surface area contributed by atoms with Crippen LogP contribution in [0.4, 0.5) is 10.1 Å². The zero-order valence-electron chi connectivity index (χ0n) is 17.4. The molecule has 0 saturated heterocycles. The van der Waals surface area contributed by atoms with E-state index in [0.29, 0.717) is 28.1 Å². The zero-order chi connectivity index (χ0) is 22.2. The van der Waals surface area contributed by atoms with Crippen molar-refractivity contribution < 1.29 is 8.91 Å². The molecule has 1 aliphatic heterocycles. The Morgan fingerprint density at radius 1 is 1.09 bits per heavy atom. The number of hydrogen-bond acceptors (Lipinski definition) is 5. The van der Waals surface area contributed by atoms with E-state index in [0.717, 1.165) is 21.7 Å². The summed E-state index contributed by atoms with van der Waals surface area (Å²) in [5, 5.41) is 10.0. The third-order valence-electron chi connectivity index (χ3n) is 5.43. The fraction of sp³-hybridized carbons (Fsp3) is 0.125. The quantitative estimate of drug-likeness (QED) is 0.369. The van der Waals surface area contributed by atoms with E-state index in [1.165, 1.54) is 6.07 Å². The Kier molecular flexibility index (Phi) is 5.32. The molecule has 1 N–H and O–H groups in total. The predicted octanol–water partition coefficient (Wildman–Crippen LogP) is 6.11. The number of aryl methyl sites for hydroxylation is 1. The van der Waals surface area contributed by atoms with Crippen LogP contribution in [0.2, 0.25) is 0 Å². The monoisotopic (exact) mass is 462 g/mol. The minimum atomic E-state index is -0.289. The van der Waals surface area contributed by atoms with Crippen LogP contribution in [0.5, 0.6) is 0 Å². The first-order chi connectivity index (χ1) is 15.5. The second kappa shape index (κ2) is 8.29. The fourth-order valence-electron chi connectivity index (χ4n) is 3.79. The molecule has 160 valence electrons. The molecule has 2 aromatic carbocycles. The molecule has 2 aromatic heterocycles. The third-order valence-corrected chi connectivity index (χ3v) is 6.60. The Morgan fingerprint density at radius 2 is 1.91 bits per heavy atom. The molecule has 0 fully saturated rings. The Morgan fingerprint density at radius 3 is 2.62 bits per heavy atom. The Hall–Kier alpha value is -3.36. The number of rotatable bonds is 4. The highest BCUT2D eigenvalue weighted by molar-refractivity contribution is 7.80. The molecular formula is C24H19FN4OS2. The van der Waals surface area contributed by atoms with Crippen molar-refractivity contribution in [2.75, 3.05) is 4.90 Å². The summed E-state index contributed by atoms with van der Waals surface area (Å²) in [5.74, 6) is 0.637. The van der Waals surface area contributed by atoms with Crippen molar-refractivity contribution in [3.8, 4) is 10.7 Å². The van der Waals surface area contributed by atoms with Gasteiger partial charge in [-0.05, 0) is 60.8 Å². The first-order valence-corrected chi connectivity index (χ1v) is 11.3. The van der Waals surface area contributed by atoms with E-state index < -0.39 is 0 Å². The number of aromatic nitrogens is 2. The van der Waals surface area contributed by atoms with Crippen molar-refractivity contribution in [3.63, 3.8) is 0 Å². The summed E-state index contributed by atoms with van der Waals surface area (Å²) in [4.78, 5) is 7.41. The first-order valence-electron chi connectivity index (χ1n) is 10.0. The topological polar surface area (TPSA) is 54.2 Å². The minimum Gasteiger partial charge on any atom is -0.351 e. The Bertz CT molecular complexity index is 1320. The average Bonchev–Trinajstić information content (AvgIpc) is 3.48. The number of hydrogen-bond donors (Lipinski definition) is 1. The van der Waals surface area contributed by atoms with Crippen molar-refractivity contribution in [2.24, 2.45) is 0 Å². The van der Waals surface area contributed by atoms with Crippen LogP contribution in [-0.4, -0.2) is 15.3 Å². The molecule has 0 saturated carbocycles. The normalized spacial score (nSPS) is 16.4. The highest BCUT2D eigenvalue weighted by Gasteiger charge is 2.35. The zero-order valence-corrected chi connectivity index (χ0v) is 19.0. The maximum absolute atomic E-state index is 14.4. The maximum atomic E-state index is 14.4. The number of anilines is 1. The molecule has 0 spiro atoms. The fourth-order valence-corrected chi connectivity index (χ4v) is 4.80. The van der Waals surface area contributed by atoms with Crippen LogP contribution in [0.3, 0.4) is 0 Å². The van der Waals surface area contributed by atoms with E-state index in [9.17, 15) is 4.39 Å². The summed E-state index contributed by atoms with van der Waals surface area (Å²) in [6, 6.07) is 18.6. The van der Waals surface area contributed by atoms with Gasteiger partial charge in [0.25, 0.3) is 5.89 Å². The standard InChI is InChI=1S/C24H19FN4OS2/c1-14-10-11-17(13-18(14)25)29-15(2)20(21(26-24(29)31)16-7-4-3-5-8-16)23-27-22(28-30-23)19-9-6-12-32-19/h3-13,21H,1-2H3,(H,26,31). The van der Waals surface area contributed by atoms with E-state index in [-0.39, 0.29) is 11.9 Å². The van der Waals surface area contributed by atoms with Crippen LogP contribution < -0.4 is 10.2 Å². The molecule has 32 heavy (non-hydrogen) atoms. The molecule has 1 aliphatic rings. The van der Waals surface area contributed by atoms with Gasteiger partial charge in [-0.1, -0.05) is 47.6 Å². The first kappa shape index (κ1) is 20.5.